The first-order valence-corrected chi connectivity index (χ1v) is 8.05. The van der Waals surface area contributed by atoms with Crippen molar-refractivity contribution in [3.05, 3.63) is 65.2 Å². The summed E-state index contributed by atoms with van der Waals surface area (Å²) in [6.07, 6.45) is -0.0513. The highest BCUT2D eigenvalue weighted by Crippen LogP contribution is 2.21. The van der Waals surface area contributed by atoms with E-state index in [2.05, 4.69) is 5.16 Å². The number of hydrogen-bond acceptors (Lipinski definition) is 4. The number of methoxy groups -OCH3 is 1. The molecule has 3 rings (SSSR count). The maximum atomic E-state index is 13.9. The third kappa shape index (κ3) is 3.82. The number of halogens is 2. The van der Waals surface area contributed by atoms with Crippen LogP contribution in [0.15, 0.2) is 47.6 Å². The van der Waals surface area contributed by atoms with Crippen molar-refractivity contribution in [2.75, 3.05) is 20.7 Å². The SMILES string of the molecule is COc1ccc(C(=O)N(C)CC2CC(c3ccc(F)cc3F)=NO2)cc1. The molecule has 0 saturated heterocycles. The van der Waals surface area contributed by atoms with Gasteiger partial charge < -0.3 is 14.5 Å². The standard InChI is InChI=1S/C19H18F2N2O3/c1-23(19(24)12-3-6-14(25-2)7-4-12)11-15-10-18(22-26-15)16-8-5-13(20)9-17(16)21/h3-9,15H,10-11H2,1-2H3. The molecule has 0 aliphatic carbocycles. The molecule has 1 aliphatic heterocycles. The highest BCUT2D eigenvalue weighted by molar-refractivity contribution is 6.01. The van der Waals surface area contributed by atoms with Crippen molar-refractivity contribution in [3.8, 4) is 5.75 Å². The molecule has 136 valence electrons. The summed E-state index contributed by atoms with van der Waals surface area (Å²) >= 11 is 0. The minimum absolute atomic E-state index is 0.169. The highest BCUT2D eigenvalue weighted by Gasteiger charge is 2.27. The predicted molar refractivity (Wildman–Crippen MR) is 92.3 cm³/mol. The fourth-order valence-corrected chi connectivity index (χ4v) is 2.75. The van der Waals surface area contributed by atoms with E-state index in [9.17, 15) is 13.6 Å². The zero-order valence-electron chi connectivity index (χ0n) is 14.4. The number of hydrogen-bond donors (Lipinski definition) is 0. The smallest absolute Gasteiger partial charge is 0.253 e. The molecule has 0 aromatic heterocycles. The van der Waals surface area contributed by atoms with Gasteiger partial charge in [0.2, 0.25) is 0 Å². The van der Waals surface area contributed by atoms with E-state index in [1.165, 1.54) is 17.0 Å². The zero-order chi connectivity index (χ0) is 18.7. The molecule has 0 spiro atoms. The van der Waals surface area contributed by atoms with Crippen molar-refractivity contribution < 1.29 is 23.1 Å². The fraction of sp³-hybridized carbons (Fsp3) is 0.263. The average Bonchev–Trinajstić information content (AvgIpc) is 3.09. The van der Waals surface area contributed by atoms with Crippen molar-refractivity contribution in [1.29, 1.82) is 0 Å². The summed E-state index contributed by atoms with van der Waals surface area (Å²) in [4.78, 5) is 19.3. The van der Waals surface area contributed by atoms with E-state index >= 15 is 0 Å². The Morgan fingerprint density at radius 3 is 2.65 bits per heavy atom. The van der Waals surface area contributed by atoms with Crippen LogP contribution in [-0.4, -0.2) is 43.3 Å². The molecule has 0 N–H and O–H groups in total. The number of ether oxygens (including phenoxy) is 1. The second kappa shape index (κ2) is 7.51. The number of carbonyl (C=O) groups excluding carboxylic acids is 1. The molecule has 0 fully saturated rings. The molecular weight excluding hydrogens is 342 g/mol. The molecule has 1 heterocycles. The molecule has 26 heavy (non-hydrogen) atoms. The Bertz CT molecular complexity index is 837. The molecule has 1 amide bonds. The Morgan fingerprint density at radius 1 is 1.27 bits per heavy atom. The summed E-state index contributed by atoms with van der Waals surface area (Å²) < 4.78 is 31.9. The van der Waals surface area contributed by atoms with Crippen LogP contribution in [0.3, 0.4) is 0 Å². The van der Waals surface area contributed by atoms with Crippen molar-refractivity contribution in [2.45, 2.75) is 12.5 Å². The minimum atomic E-state index is -0.685. The van der Waals surface area contributed by atoms with Crippen molar-refractivity contribution >= 4 is 11.6 Å². The quantitative estimate of drug-likeness (QED) is 0.823. The maximum absolute atomic E-state index is 13.9. The van der Waals surface area contributed by atoms with Crippen LogP contribution in [0.2, 0.25) is 0 Å². The molecule has 2 aromatic rings. The lowest BCUT2D eigenvalue weighted by molar-refractivity contribution is 0.0482. The molecule has 1 aliphatic rings. The summed E-state index contributed by atoms with van der Waals surface area (Å²) in [6, 6.07) is 10.1. The molecule has 1 unspecified atom stereocenters. The van der Waals surface area contributed by atoms with Crippen LogP contribution in [0.25, 0.3) is 0 Å². The Hall–Kier alpha value is -2.96. The second-order valence-corrected chi connectivity index (χ2v) is 6.01. The lowest BCUT2D eigenvalue weighted by Crippen LogP contribution is -2.34. The van der Waals surface area contributed by atoms with Crippen LogP contribution in [0.4, 0.5) is 8.78 Å². The van der Waals surface area contributed by atoms with Gasteiger partial charge in [-0.25, -0.2) is 8.78 Å². The van der Waals surface area contributed by atoms with E-state index in [0.717, 1.165) is 6.07 Å². The largest absolute Gasteiger partial charge is 0.497 e. The summed E-state index contributed by atoms with van der Waals surface area (Å²) in [7, 11) is 3.22. The lowest BCUT2D eigenvalue weighted by Gasteiger charge is -2.20. The second-order valence-electron chi connectivity index (χ2n) is 6.01. The molecule has 1 atom stereocenters. The van der Waals surface area contributed by atoms with Gasteiger partial charge in [0, 0.05) is 30.7 Å². The van der Waals surface area contributed by atoms with Crippen LogP contribution in [-0.2, 0) is 4.84 Å². The number of rotatable bonds is 5. The first-order chi connectivity index (χ1) is 12.5. The topological polar surface area (TPSA) is 51.1 Å². The number of oxime groups is 1. The summed E-state index contributed by atoms with van der Waals surface area (Å²) in [6.45, 7) is 0.292. The average molecular weight is 360 g/mol. The van der Waals surface area contributed by atoms with Gasteiger partial charge in [-0.1, -0.05) is 5.16 Å². The molecule has 0 saturated carbocycles. The summed E-state index contributed by atoms with van der Waals surface area (Å²) in [5, 5.41) is 3.89. The van der Waals surface area contributed by atoms with Gasteiger partial charge in [-0.2, -0.15) is 0 Å². The van der Waals surface area contributed by atoms with Crippen LogP contribution in [0.5, 0.6) is 5.75 Å². The number of nitrogens with zero attached hydrogens (tertiary/aromatic N) is 2. The van der Waals surface area contributed by atoms with Crippen LogP contribution in [0.1, 0.15) is 22.3 Å². The van der Waals surface area contributed by atoms with Crippen molar-refractivity contribution in [3.63, 3.8) is 0 Å². The first-order valence-electron chi connectivity index (χ1n) is 8.05. The van der Waals surface area contributed by atoms with Crippen LogP contribution in [0, 0.1) is 11.6 Å². The van der Waals surface area contributed by atoms with Crippen molar-refractivity contribution in [1.82, 2.24) is 4.90 Å². The van der Waals surface area contributed by atoms with E-state index in [4.69, 9.17) is 9.57 Å². The van der Waals surface area contributed by atoms with Gasteiger partial charge in [0.15, 0.2) is 6.10 Å². The number of amides is 1. The Morgan fingerprint density at radius 2 is 2.00 bits per heavy atom. The number of carbonyl (C=O) groups is 1. The van der Waals surface area contributed by atoms with Crippen LogP contribution < -0.4 is 4.74 Å². The number of benzene rings is 2. The molecule has 0 bridgehead atoms. The zero-order valence-corrected chi connectivity index (χ0v) is 14.4. The minimum Gasteiger partial charge on any atom is -0.497 e. The predicted octanol–water partition coefficient (Wildman–Crippen LogP) is 3.24. The third-order valence-corrected chi connectivity index (χ3v) is 4.14. The van der Waals surface area contributed by atoms with Gasteiger partial charge >= 0.3 is 0 Å². The molecular formula is C19H18F2N2O3. The van der Waals surface area contributed by atoms with Gasteiger partial charge in [0.25, 0.3) is 5.91 Å². The first kappa shape index (κ1) is 17.8. The van der Waals surface area contributed by atoms with Gasteiger partial charge in [0.1, 0.15) is 17.4 Å². The van der Waals surface area contributed by atoms with Crippen molar-refractivity contribution in [2.24, 2.45) is 5.16 Å². The monoisotopic (exact) mass is 360 g/mol. The summed E-state index contributed by atoms with van der Waals surface area (Å²) in [5.74, 6) is -0.830. The molecule has 5 nitrogen and oxygen atoms in total. The van der Waals surface area contributed by atoms with E-state index < -0.39 is 11.6 Å². The van der Waals surface area contributed by atoms with Gasteiger partial charge in [0.05, 0.1) is 19.4 Å². The van der Waals surface area contributed by atoms with E-state index in [-0.39, 0.29) is 17.6 Å². The third-order valence-electron chi connectivity index (χ3n) is 4.14. The maximum Gasteiger partial charge on any atom is 0.253 e. The fourth-order valence-electron chi connectivity index (χ4n) is 2.75. The Kier molecular flexibility index (Phi) is 5.16. The lowest BCUT2D eigenvalue weighted by atomic mass is 10.0. The molecule has 2 aromatic carbocycles. The van der Waals surface area contributed by atoms with E-state index in [1.807, 2.05) is 0 Å². The van der Waals surface area contributed by atoms with E-state index in [1.54, 1.807) is 38.4 Å². The van der Waals surface area contributed by atoms with Gasteiger partial charge in [-0.05, 0) is 36.4 Å². The highest BCUT2D eigenvalue weighted by atomic mass is 19.1. The van der Waals surface area contributed by atoms with Crippen LogP contribution >= 0.6 is 0 Å². The van der Waals surface area contributed by atoms with Gasteiger partial charge in [-0.3, -0.25) is 4.79 Å². The van der Waals surface area contributed by atoms with E-state index in [0.29, 0.717) is 30.0 Å². The number of likely N-dealkylation sites (N-methyl/N-ethyl adjacent to an activating group) is 1. The normalized spacial score (nSPS) is 16.0. The molecule has 7 heteroatoms. The Labute approximate surface area is 149 Å². The Balaban J connectivity index is 1.60. The van der Waals surface area contributed by atoms with Gasteiger partial charge in [-0.15, -0.1) is 0 Å². The summed E-state index contributed by atoms with van der Waals surface area (Å²) in [5.41, 5.74) is 1.13. The molecule has 0 radical (unpaired) electrons.